The predicted octanol–water partition coefficient (Wildman–Crippen LogP) is 1.75. The van der Waals surface area contributed by atoms with E-state index in [1.165, 1.54) is 22.8 Å². The lowest BCUT2D eigenvalue weighted by Crippen LogP contribution is -2.43. The highest BCUT2D eigenvalue weighted by molar-refractivity contribution is 6.33. The fraction of sp³-hybridized carbons (Fsp3) is 0.400. The molecule has 168 valence electrons. The number of unbranched alkanes of at least 4 members (excludes halogenated alkanes) is 1. The van der Waals surface area contributed by atoms with E-state index in [4.69, 9.17) is 27.8 Å². The van der Waals surface area contributed by atoms with Crippen LogP contribution in [0.2, 0.25) is 5.02 Å². The molecule has 0 fully saturated rings. The second-order valence-electron chi connectivity index (χ2n) is 6.86. The Morgan fingerprint density at radius 2 is 1.90 bits per heavy atom. The number of nitrogens with one attached hydrogen (secondary N) is 1. The molecule has 0 aliphatic rings. The van der Waals surface area contributed by atoms with Crippen molar-refractivity contribution < 1.29 is 14.3 Å². The van der Waals surface area contributed by atoms with Crippen LogP contribution in [0.15, 0.2) is 27.8 Å². The van der Waals surface area contributed by atoms with Crippen LogP contribution in [-0.2, 0) is 16.1 Å². The van der Waals surface area contributed by atoms with Crippen LogP contribution < -0.4 is 27.6 Å². The number of carbonyl (C=O) groups is 2. The van der Waals surface area contributed by atoms with Crippen LogP contribution in [0.5, 0.6) is 0 Å². The quantitative estimate of drug-likeness (QED) is 0.387. The van der Waals surface area contributed by atoms with Gasteiger partial charge in [0.05, 0.1) is 16.3 Å². The van der Waals surface area contributed by atoms with E-state index in [0.29, 0.717) is 12.8 Å². The third-order valence-corrected chi connectivity index (χ3v) is 4.87. The summed E-state index contributed by atoms with van der Waals surface area (Å²) in [4.78, 5) is 53.0. The van der Waals surface area contributed by atoms with E-state index in [2.05, 4.69) is 4.98 Å². The Morgan fingerprint density at radius 1 is 1.19 bits per heavy atom. The summed E-state index contributed by atoms with van der Waals surface area (Å²) in [6.07, 6.45) is 1.90. The molecule has 1 amide bonds. The fourth-order valence-electron chi connectivity index (χ4n) is 2.92. The maximum Gasteiger partial charge on any atom is 0.338 e. The number of rotatable bonds is 9. The van der Waals surface area contributed by atoms with Crippen molar-refractivity contribution in [2.24, 2.45) is 0 Å². The Kier molecular flexibility index (Phi) is 8.26. The normalized spacial score (nSPS) is 10.7. The molecular weight excluding hydrogens is 426 g/mol. The number of aromatic nitrogens is 2. The molecule has 1 aromatic heterocycles. The average molecular weight is 452 g/mol. The molecule has 5 N–H and O–H groups in total. The fourth-order valence-corrected chi connectivity index (χ4v) is 3.04. The zero-order chi connectivity index (χ0) is 23.1. The highest BCUT2D eigenvalue weighted by Crippen LogP contribution is 2.21. The Bertz CT molecular complexity index is 1080. The van der Waals surface area contributed by atoms with E-state index in [9.17, 15) is 19.2 Å². The number of hydrogen-bond acceptors (Lipinski definition) is 7. The van der Waals surface area contributed by atoms with Gasteiger partial charge in [0.2, 0.25) is 0 Å². The molecule has 2 rings (SSSR count). The van der Waals surface area contributed by atoms with Crippen molar-refractivity contribution >= 4 is 40.7 Å². The van der Waals surface area contributed by atoms with Gasteiger partial charge in [-0.2, -0.15) is 0 Å². The van der Waals surface area contributed by atoms with E-state index in [1.54, 1.807) is 0 Å². The zero-order valence-corrected chi connectivity index (χ0v) is 18.2. The third kappa shape index (κ3) is 5.66. The second kappa shape index (κ2) is 10.7. The van der Waals surface area contributed by atoms with Gasteiger partial charge in [-0.1, -0.05) is 31.9 Å². The van der Waals surface area contributed by atoms with Crippen LogP contribution in [-0.4, -0.2) is 34.6 Å². The largest absolute Gasteiger partial charge is 0.452 e. The van der Waals surface area contributed by atoms with Gasteiger partial charge in [-0.05, 0) is 31.0 Å². The molecule has 0 spiro atoms. The van der Waals surface area contributed by atoms with Gasteiger partial charge in [0.25, 0.3) is 11.5 Å². The van der Waals surface area contributed by atoms with Gasteiger partial charge < -0.3 is 21.1 Å². The van der Waals surface area contributed by atoms with Crippen LogP contribution in [0.4, 0.5) is 17.2 Å². The number of amides is 1. The van der Waals surface area contributed by atoms with Gasteiger partial charge in [-0.3, -0.25) is 19.1 Å². The molecule has 0 atom stereocenters. The third-order valence-electron chi connectivity index (χ3n) is 4.53. The number of nitrogen functional groups attached to an aromatic ring is 2. The molecule has 0 unspecified atom stereocenters. The van der Waals surface area contributed by atoms with Crippen LogP contribution in [0.1, 0.15) is 43.5 Å². The minimum Gasteiger partial charge on any atom is -0.452 e. The van der Waals surface area contributed by atoms with Crippen molar-refractivity contribution in [3.63, 3.8) is 0 Å². The number of H-pyrrole nitrogens is 1. The zero-order valence-electron chi connectivity index (χ0n) is 17.4. The van der Waals surface area contributed by atoms with Gasteiger partial charge in [0, 0.05) is 13.1 Å². The van der Waals surface area contributed by atoms with Gasteiger partial charge in [0.15, 0.2) is 12.3 Å². The molecule has 1 aromatic carbocycles. The summed E-state index contributed by atoms with van der Waals surface area (Å²) >= 11 is 5.84. The molecule has 2 aromatic rings. The number of hydrogen-bond donors (Lipinski definition) is 3. The molecule has 31 heavy (non-hydrogen) atoms. The van der Waals surface area contributed by atoms with Gasteiger partial charge in [-0.25, -0.2) is 9.59 Å². The Morgan fingerprint density at radius 3 is 2.52 bits per heavy atom. The number of esters is 1. The second-order valence-corrected chi connectivity index (χ2v) is 7.26. The van der Waals surface area contributed by atoms with Gasteiger partial charge in [0.1, 0.15) is 5.82 Å². The molecule has 0 bridgehead atoms. The van der Waals surface area contributed by atoms with Crippen molar-refractivity contribution in [2.75, 3.05) is 29.5 Å². The van der Waals surface area contributed by atoms with Crippen molar-refractivity contribution in [1.82, 2.24) is 9.55 Å². The summed E-state index contributed by atoms with van der Waals surface area (Å²) in [5.41, 5.74) is 10.5. The van der Waals surface area contributed by atoms with Crippen LogP contribution in [0.3, 0.4) is 0 Å². The first-order valence-electron chi connectivity index (χ1n) is 9.86. The van der Waals surface area contributed by atoms with Crippen LogP contribution in [0.25, 0.3) is 0 Å². The van der Waals surface area contributed by atoms with Crippen molar-refractivity contribution in [2.45, 2.75) is 39.7 Å². The molecule has 0 radical (unpaired) electrons. The summed E-state index contributed by atoms with van der Waals surface area (Å²) in [6.45, 7) is 3.57. The predicted molar refractivity (Wildman–Crippen MR) is 119 cm³/mol. The first kappa shape index (κ1) is 24.0. The first-order valence-corrected chi connectivity index (χ1v) is 10.2. The molecule has 0 aliphatic carbocycles. The lowest BCUT2D eigenvalue weighted by molar-refractivity contribution is -0.121. The Labute approximate surface area is 183 Å². The summed E-state index contributed by atoms with van der Waals surface area (Å²) < 4.78 is 6.30. The lowest BCUT2D eigenvalue weighted by atomic mass is 10.2. The van der Waals surface area contributed by atoms with E-state index in [0.717, 1.165) is 11.3 Å². The average Bonchev–Trinajstić information content (AvgIpc) is 2.73. The smallest absolute Gasteiger partial charge is 0.338 e. The summed E-state index contributed by atoms with van der Waals surface area (Å²) in [7, 11) is 0. The molecule has 10 nitrogen and oxygen atoms in total. The Balaban J connectivity index is 2.30. The first-order chi connectivity index (χ1) is 14.7. The maximum atomic E-state index is 12.9. The molecule has 11 heteroatoms. The van der Waals surface area contributed by atoms with Gasteiger partial charge >= 0.3 is 11.7 Å². The number of ether oxygens (including phenoxy) is 1. The highest BCUT2D eigenvalue weighted by Gasteiger charge is 2.25. The number of aromatic amines is 1. The topological polar surface area (TPSA) is 154 Å². The number of anilines is 3. The summed E-state index contributed by atoms with van der Waals surface area (Å²) in [5.74, 6) is -1.54. The molecule has 0 saturated heterocycles. The minimum absolute atomic E-state index is 0.114. The summed E-state index contributed by atoms with van der Waals surface area (Å²) in [5, 5.41) is 0.287. The van der Waals surface area contributed by atoms with E-state index >= 15 is 0 Å². The monoisotopic (exact) mass is 451 g/mol. The van der Waals surface area contributed by atoms with Crippen LogP contribution >= 0.6 is 11.6 Å². The SMILES string of the molecule is CCCCN(C(=O)COC(=O)c1ccc(Cl)c(N)c1)c1c(N)n(CCC)c(=O)[nH]c1=O. The van der Waals surface area contributed by atoms with Crippen LogP contribution in [0, 0.1) is 0 Å². The Hall–Kier alpha value is -3.27. The minimum atomic E-state index is -0.781. The van der Waals surface area contributed by atoms with E-state index < -0.39 is 29.7 Å². The van der Waals surface area contributed by atoms with Crippen molar-refractivity contribution in [3.8, 4) is 0 Å². The van der Waals surface area contributed by atoms with E-state index in [-0.39, 0.29) is 40.9 Å². The number of halogens is 1. The number of nitrogens with zero attached hydrogens (tertiary/aromatic N) is 2. The summed E-state index contributed by atoms with van der Waals surface area (Å²) in [6, 6.07) is 4.21. The van der Waals surface area contributed by atoms with Crippen molar-refractivity contribution in [1.29, 1.82) is 0 Å². The molecule has 1 heterocycles. The molecule has 0 aliphatic heterocycles. The standard InChI is InChI=1S/C20H26ClN5O5/c1-3-5-9-25(16-17(23)26(8-4-2)20(30)24-18(16)28)15(27)11-31-19(29)12-6-7-13(21)14(22)10-12/h6-7,10H,3-5,8-9,11,22-23H2,1-2H3,(H,24,28,30). The molecular formula is C20H26ClN5O5. The molecule has 0 saturated carbocycles. The number of carbonyl (C=O) groups excluding carboxylic acids is 2. The number of benzene rings is 1. The van der Waals surface area contributed by atoms with E-state index in [1.807, 2.05) is 13.8 Å². The van der Waals surface area contributed by atoms with Crippen molar-refractivity contribution in [3.05, 3.63) is 49.6 Å². The maximum absolute atomic E-state index is 12.9. The number of nitrogens with two attached hydrogens (primary N) is 2. The highest BCUT2D eigenvalue weighted by atomic mass is 35.5. The lowest BCUT2D eigenvalue weighted by Gasteiger charge is -2.24. The van der Waals surface area contributed by atoms with Gasteiger partial charge in [-0.15, -0.1) is 0 Å².